The lowest BCUT2D eigenvalue weighted by Crippen LogP contribution is -2.08. The molecule has 0 aliphatic heterocycles. The minimum atomic E-state index is 0.159. The fourth-order valence-electron chi connectivity index (χ4n) is 2.12. The van der Waals surface area contributed by atoms with Crippen LogP contribution >= 0.6 is 0 Å². The van der Waals surface area contributed by atoms with Crippen molar-refractivity contribution in [2.24, 2.45) is 0 Å². The maximum atomic E-state index is 8.92. The van der Waals surface area contributed by atoms with Gasteiger partial charge in [0.1, 0.15) is 5.75 Å². The topological polar surface area (TPSA) is 45.0 Å². The van der Waals surface area contributed by atoms with Crippen molar-refractivity contribution in [1.82, 2.24) is 0 Å². The van der Waals surface area contributed by atoms with Gasteiger partial charge in [-0.15, -0.1) is 0 Å². The van der Waals surface area contributed by atoms with E-state index in [0.29, 0.717) is 5.56 Å². The van der Waals surface area contributed by atoms with E-state index in [2.05, 4.69) is 30.4 Å². The first kappa shape index (κ1) is 14.9. The Bertz CT molecular complexity index is 626. The second kappa shape index (κ2) is 6.81. The molecule has 0 radical (unpaired) electrons. The smallest absolute Gasteiger partial charge is 0.119 e. The van der Waals surface area contributed by atoms with E-state index in [1.807, 2.05) is 44.2 Å². The average molecular weight is 280 g/mol. The van der Waals surface area contributed by atoms with E-state index in [0.717, 1.165) is 11.4 Å². The fourth-order valence-corrected chi connectivity index (χ4v) is 2.12. The zero-order valence-corrected chi connectivity index (χ0v) is 12.6. The standard InChI is InChI=1S/C18H20N2O/c1-13(2)21-18-9-7-16(8-10-18)14(3)20-17-6-4-5-15(11-17)12-19/h4-11,13-14,20H,1-3H3. The first-order valence-corrected chi connectivity index (χ1v) is 7.12. The van der Waals surface area contributed by atoms with Gasteiger partial charge in [0.2, 0.25) is 0 Å². The summed E-state index contributed by atoms with van der Waals surface area (Å²) in [5.41, 5.74) is 2.78. The second-order valence-electron chi connectivity index (χ2n) is 5.29. The lowest BCUT2D eigenvalue weighted by molar-refractivity contribution is 0.242. The Labute approximate surface area is 126 Å². The van der Waals surface area contributed by atoms with Crippen LogP contribution in [0.25, 0.3) is 0 Å². The first-order valence-electron chi connectivity index (χ1n) is 7.12. The highest BCUT2D eigenvalue weighted by molar-refractivity contribution is 5.50. The maximum Gasteiger partial charge on any atom is 0.119 e. The molecule has 0 bridgehead atoms. The van der Waals surface area contributed by atoms with Crippen molar-refractivity contribution in [2.75, 3.05) is 5.32 Å². The summed E-state index contributed by atoms with van der Waals surface area (Å²) in [6.07, 6.45) is 0.181. The summed E-state index contributed by atoms with van der Waals surface area (Å²) in [7, 11) is 0. The van der Waals surface area contributed by atoms with Crippen LogP contribution in [0, 0.1) is 11.3 Å². The Balaban J connectivity index is 2.06. The van der Waals surface area contributed by atoms with Gasteiger partial charge in [-0.2, -0.15) is 5.26 Å². The zero-order valence-electron chi connectivity index (χ0n) is 12.6. The average Bonchev–Trinajstić information content (AvgIpc) is 2.47. The fraction of sp³-hybridized carbons (Fsp3) is 0.278. The van der Waals surface area contributed by atoms with Gasteiger partial charge >= 0.3 is 0 Å². The van der Waals surface area contributed by atoms with Crippen molar-refractivity contribution in [3.05, 3.63) is 59.7 Å². The first-order chi connectivity index (χ1) is 10.1. The number of nitrogens with one attached hydrogen (secondary N) is 1. The van der Waals surface area contributed by atoms with Crippen LogP contribution in [-0.4, -0.2) is 6.10 Å². The van der Waals surface area contributed by atoms with Crippen LogP contribution in [0.15, 0.2) is 48.5 Å². The van der Waals surface area contributed by atoms with Gasteiger partial charge in [-0.25, -0.2) is 0 Å². The third kappa shape index (κ3) is 4.25. The highest BCUT2D eigenvalue weighted by Gasteiger charge is 2.06. The Morgan fingerprint density at radius 3 is 2.38 bits per heavy atom. The van der Waals surface area contributed by atoms with Crippen molar-refractivity contribution in [3.8, 4) is 11.8 Å². The van der Waals surface area contributed by atoms with Crippen LogP contribution in [0.5, 0.6) is 5.75 Å². The van der Waals surface area contributed by atoms with Crippen LogP contribution < -0.4 is 10.1 Å². The SMILES string of the molecule is CC(C)Oc1ccc(C(C)Nc2cccc(C#N)c2)cc1. The molecule has 1 atom stereocenters. The van der Waals surface area contributed by atoms with Gasteiger partial charge in [-0.1, -0.05) is 18.2 Å². The number of nitriles is 1. The van der Waals surface area contributed by atoms with E-state index in [4.69, 9.17) is 10.00 Å². The van der Waals surface area contributed by atoms with Gasteiger partial charge in [-0.05, 0) is 56.7 Å². The molecule has 2 rings (SSSR count). The molecule has 1 N–H and O–H groups in total. The van der Waals surface area contributed by atoms with Crippen molar-refractivity contribution in [3.63, 3.8) is 0 Å². The number of anilines is 1. The predicted octanol–water partition coefficient (Wildman–Crippen LogP) is 4.52. The van der Waals surface area contributed by atoms with Crippen LogP contribution in [0.2, 0.25) is 0 Å². The van der Waals surface area contributed by atoms with E-state index in [1.54, 1.807) is 6.07 Å². The van der Waals surface area contributed by atoms with Gasteiger partial charge in [0, 0.05) is 11.7 Å². The molecule has 21 heavy (non-hydrogen) atoms. The summed E-state index contributed by atoms with van der Waals surface area (Å²) >= 11 is 0. The van der Waals surface area contributed by atoms with Crippen LogP contribution in [0.1, 0.15) is 37.9 Å². The summed E-state index contributed by atoms with van der Waals surface area (Å²) in [5, 5.41) is 12.3. The Morgan fingerprint density at radius 1 is 1.05 bits per heavy atom. The molecule has 3 heteroatoms. The summed E-state index contributed by atoms with van der Waals surface area (Å²) in [5.74, 6) is 0.882. The number of benzene rings is 2. The van der Waals surface area contributed by atoms with Gasteiger partial charge < -0.3 is 10.1 Å². The molecular weight excluding hydrogens is 260 g/mol. The number of hydrogen-bond donors (Lipinski definition) is 1. The van der Waals surface area contributed by atoms with Crippen molar-refractivity contribution < 1.29 is 4.74 Å². The number of rotatable bonds is 5. The second-order valence-corrected chi connectivity index (χ2v) is 5.29. The van der Waals surface area contributed by atoms with Crippen molar-refractivity contribution >= 4 is 5.69 Å². The predicted molar refractivity (Wildman–Crippen MR) is 85.4 cm³/mol. The molecule has 0 aliphatic carbocycles. The molecule has 108 valence electrons. The summed E-state index contributed by atoms with van der Waals surface area (Å²) in [4.78, 5) is 0. The van der Waals surface area contributed by atoms with E-state index < -0.39 is 0 Å². The molecule has 0 aromatic heterocycles. The van der Waals surface area contributed by atoms with Crippen LogP contribution in [-0.2, 0) is 0 Å². The quantitative estimate of drug-likeness (QED) is 0.875. The van der Waals surface area contributed by atoms with E-state index in [9.17, 15) is 0 Å². The van der Waals surface area contributed by atoms with E-state index >= 15 is 0 Å². The molecule has 1 unspecified atom stereocenters. The van der Waals surface area contributed by atoms with Gasteiger partial charge in [-0.3, -0.25) is 0 Å². The normalized spacial score (nSPS) is 11.8. The molecular formula is C18H20N2O. The lowest BCUT2D eigenvalue weighted by Gasteiger charge is -2.17. The summed E-state index contributed by atoms with van der Waals surface area (Å²) < 4.78 is 5.64. The van der Waals surface area contributed by atoms with E-state index in [-0.39, 0.29) is 12.1 Å². The lowest BCUT2D eigenvalue weighted by atomic mass is 10.1. The Kier molecular flexibility index (Phi) is 4.84. The van der Waals surface area contributed by atoms with Crippen LogP contribution in [0.3, 0.4) is 0 Å². The van der Waals surface area contributed by atoms with Gasteiger partial charge in [0.05, 0.1) is 17.7 Å². The van der Waals surface area contributed by atoms with E-state index in [1.165, 1.54) is 5.56 Å². The molecule has 0 saturated heterocycles. The monoisotopic (exact) mass is 280 g/mol. The molecule has 0 saturated carbocycles. The third-order valence-electron chi connectivity index (χ3n) is 3.13. The largest absolute Gasteiger partial charge is 0.491 e. The Hall–Kier alpha value is -2.47. The molecule has 0 amide bonds. The molecule has 2 aromatic carbocycles. The summed E-state index contributed by atoms with van der Waals surface area (Å²) in [6.45, 7) is 6.12. The minimum Gasteiger partial charge on any atom is -0.491 e. The van der Waals surface area contributed by atoms with Gasteiger partial charge in [0.15, 0.2) is 0 Å². The minimum absolute atomic E-state index is 0.159. The molecule has 0 aliphatic rings. The summed E-state index contributed by atoms with van der Waals surface area (Å²) in [6, 6.07) is 17.9. The van der Waals surface area contributed by atoms with Gasteiger partial charge in [0.25, 0.3) is 0 Å². The Morgan fingerprint density at radius 2 is 1.76 bits per heavy atom. The van der Waals surface area contributed by atoms with Crippen molar-refractivity contribution in [2.45, 2.75) is 32.9 Å². The number of nitrogens with zero attached hydrogens (tertiary/aromatic N) is 1. The molecule has 0 heterocycles. The molecule has 2 aromatic rings. The zero-order chi connectivity index (χ0) is 15.2. The van der Waals surface area contributed by atoms with Crippen LogP contribution in [0.4, 0.5) is 5.69 Å². The molecule has 3 nitrogen and oxygen atoms in total. The molecule has 0 fully saturated rings. The molecule has 0 spiro atoms. The van der Waals surface area contributed by atoms with Crippen molar-refractivity contribution in [1.29, 1.82) is 5.26 Å². The highest BCUT2D eigenvalue weighted by atomic mass is 16.5. The maximum absolute atomic E-state index is 8.92. The number of hydrogen-bond acceptors (Lipinski definition) is 3. The number of ether oxygens (including phenoxy) is 1. The highest BCUT2D eigenvalue weighted by Crippen LogP contribution is 2.22. The third-order valence-corrected chi connectivity index (χ3v) is 3.13.